The van der Waals surface area contributed by atoms with Gasteiger partial charge in [-0.25, -0.2) is 30.7 Å². The summed E-state index contributed by atoms with van der Waals surface area (Å²) in [5.41, 5.74) is -0.694. The Hall–Kier alpha value is -2.91. The van der Waals surface area contributed by atoms with Gasteiger partial charge in [0.25, 0.3) is 15.9 Å². The molecule has 1 heterocycles. The number of sulfone groups is 1. The average Bonchev–Trinajstić information content (AvgIpc) is 2.88. The molecule has 0 radical (unpaired) electrons. The lowest BCUT2D eigenvalue weighted by Gasteiger charge is -2.35. The van der Waals surface area contributed by atoms with Crippen molar-refractivity contribution in [2.24, 2.45) is 0 Å². The Bertz CT molecular complexity index is 1590. The van der Waals surface area contributed by atoms with Gasteiger partial charge < -0.3 is 19.7 Å². The van der Waals surface area contributed by atoms with Gasteiger partial charge in [0.1, 0.15) is 23.4 Å². The summed E-state index contributed by atoms with van der Waals surface area (Å²) in [5, 5.41) is 2.69. The number of ether oxygens (including phenoxy) is 2. The van der Waals surface area contributed by atoms with Gasteiger partial charge in [-0.1, -0.05) is 35.3 Å². The van der Waals surface area contributed by atoms with Crippen molar-refractivity contribution in [3.05, 3.63) is 58.1 Å². The van der Waals surface area contributed by atoms with E-state index in [-0.39, 0.29) is 34.5 Å². The van der Waals surface area contributed by atoms with Crippen LogP contribution in [0, 0.1) is 0 Å². The number of amides is 2. The first-order valence-electron chi connectivity index (χ1n) is 13.0. The molecular weight excluding hydrogens is 645 g/mol. The standard InChI is InChI=1S/C27H33Cl2N3O9S2/c1-27(2,3)41-25(34)23(14-17-6-8-18(9-7-17)40-26(35)31(4)5)32(24(33)22-16-42(36,37)13-12-30-22)43(38,39)19-10-11-20(28)21(29)15-19/h6-11,15,22-23,30H,12-14,16H2,1-5H3/t22?,23-/m0/s1. The fourth-order valence-corrected chi connectivity index (χ4v) is 7.35. The Morgan fingerprint density at radius 2 is 1.67 bits per heavy atom. The van der Waals surface area contributed by atoms with Crippen LogP contribution in [0.2, 0.25) is 10.0 Å². The smallest absolute Gasteiger partial charge is 0.414 e. The zero-order valence-corrected chi connectivity index (χ0v) is 27.3. The highest BCUT2D eigenvalue weighted by Crippen LogP contribution is 2.30. The van der Waals surface area contributed by atoms with Gasteiger partial charge in [0.05, 0.1) is 26.4 Å². The van der Waals surface area contributed by atoms with Crippen molar-refractivity contribution in [3.63, 3.8) is 0 Å². The highest BCUT2D eigenvalue weighted by molar-refractivity contribution is 7.91. The van der Waals surface area contributed by atoms with Crippen molar-refractivity contribution >= 4 is 61.0 Å². The molecule has 236 valence electrons. The number of halogens is 2. The third kappa shape index (κ3) is 9.05. The summed E-state index contributed by atoms with van der Waals surface area (Å²) in [6.07, 6.45) is -0.985. The van der Waals surface area contributed by atoms with Crippen LogP contribution in [0.1, 0.15) is 26.3 Å². The Kier molecular flexibility index (Phi) is 10.8. The van der Waals surface area contributed by atoms with E-state index in [1.165, 1.54) is 49.3 Å². The minimum Gasteiger partial charge on any atom is -0.458 e. The molecule has 0 bridgehead atoms. The van der Waals surface area contributed by atoms with E-state index in [2.05, 4.69) is 5.32 Å². The highest BCUT2D eigenvalue weighted by atomic mass is 35.5. The Labute approximate surface area is 261 Å². The van der Waals surface area contributed by atoms with Gasteiger partial charge in [0.2, 0.25) is 0 Å². The van der Waals surface area contributed by atoms with E-state index < -0.39 is 66.2 Å². The number of sulfonamides is 1. The number of nitrogens with zero attached hydrogens (tertiary/aromatic N) is 2. The Morgan fingerprint density at radius 3 is 2.21 bits per heavy atom. The number of carbonyl (C=O) groups excluding carboxylic acids is 3. The molecule has 1 saturated heterocycles. The van der Waals surface area contributed by atoms with Crippen molar-refractivity contribution in [1.29, 1.82) is 0 Å². The summed E-state index contributed by atoms with van der Waals surface area (Å²) >= 11 is 12.1. The van der Waals surface area contributed by atoms with E-state index in [0.717, 1.165) is 12.1 Å². The van der Waals surface area contributed by atoms with Crippen LogP contribution in [-0.2, 0) is 40.6 Å². The van der Waals surface area contributed by atoms with E-state index in [1.54, 1.807) is 20.8 Å². The first-order chi connectivity index (χ1) is 19.8. The first kappa shape index (κ1) is 34.6. The molecule has 43 heavy (non-hydrogen) atoms. The van der Waals surface area contributed by atoms with Gasteiger partial charge >= 0.3 is 12.1 Å². The molecule has 2 atom stereocenters. The van der Waals surface area contributed by atoms with Crippen molar-refractivity contribution in [2.45, 2.75) is 49.8 Å². The molecule has 16 heteroatoms. The second-order valence-corrected chi connectivity index (χ2v) is 15.9. The summed E-state index contributed by atoms with van der Waals surface area (Å²) in [6.45, 7) is 4.63. The van der Waals surface area contributed by atoms with E-state index >= 15 is 0 Å². The normalized spacial score (nSPS) is 17.4. The molecule has 0 saturated carbocycles. The van der Waals surface area contributed by atoms with Gasteiger partial charge in [0, 0.05) is 27.1 Å². The molecule has 3 rings (SSSR count). The molecule has 1 N–H and O–H groups in total. The molecule has 0 aliphatic carbocycles. The lowest BCUT2D eigenvalue weighted by atomic mass is 10.0. The summed E-state index contributed by atoms with van der Waals surface area (Å²) < 4.78 is 64.2. The van der Waals surface area contributed by atoms with Gasteiger partial charge in [-0.2, -0.15) is 0 Å². The summed E-state index contributed by atoms with van der Waals surface area (Å²) in [7, 11) is -5.52. The highest BCUT2D eigenvalue weighted by Gasteiger charge is 2.45. The molecule has 0 aromatic heterocycles. The molecule has 2 aromatic carbocycles. The topological polar surface area (TPSA) is 156 Å². The van der Waals surface area contributed by atoms with E-state index in [9.17, 15) is 31.2 Å². The predicted molar refractivity (Wildman–Crippen MR) is 160 cm³/mol. The van der Waals surface area contributed by atoms with Crippen LogP contribution in [0.15, 0.2) is 47.4 Å². The maximum Gasteiger partial charge on any atom is 0.414 e. The minimum atomic E-state index is -4.85. The summed E-state index contributed by atoms with van der Waals surface area (Å²) in [4.78, 5) is 40.3. The fourth-order valence-electron chi connectivity index (χ4n) is 4.03. The molecule has 1 fully saturated rings. The maximum atomic E-state index is 14.1. The van der Waals surface area contributed by atoms with E-state index in [0.29, 0.717) is 9.87 Å². The Balaban J connectivity index is 2.14. The van der Waals surface area contributed by atoms with Gasteiger partial charge in [-0.3, -0.25) is 4.79 Å². The molecule has 1 unspecified atom stereocenters. The third-order valence-corrected chi connectivity index (χ3v) is 10.3. The second kappa shape index (κ2) is 13.4. The number of benzene rings is 2. The molecule has 2 amide bonds. The van der Waals surface area contributed by atoms with Gasteiger partial charge in [-0.05, 0) is 56.7 Å². The second-order valence-electron chi connectivity index (χ2n) is 11.0. The molecule has 12 nitrogen and oxygen atoms in total. The molecular formula is C27H33Cl2N3O9S2. The number of nitrogens with one attached hydrogen (secondary N) is 1. The molecule has 1 aliphatic heterocycles. The van der Waals surface area contributed by atoms with Crippen molar-refractivity contribution in [3.8, 4) is 5.75 Å². The molecule has 0 spiro atoms. The number of hydrogen-bond acceptors (Lipinski definition) is 10. The minimum absolute atomic E-state index is 0.0530. The number of rotatable bonds is 8. The lowest BCUT2D eigenvalue weighted by Crippen LogP contribution is -2.60. The number of hydrogen-bond donors (Lipinski definition) is 1. The van der Waals surface area contributed by atoms with Crippen molar-refractivity contribution in [2.75, 3.05) is 32.1 Å². The SMILES string of the molecule is CN(C)C(=O)Oc1ccc(C[C@@H](C(=O)OC(C)(C)C)N(C(=O)C2CS(=O)(=O)CCN2)S(=O)(=O)c2ccc(Cl)c(Cl)c2)cc1. The largest absolute Gasteiger partial charge is 0.458 e. The first-order valence-corrected chi connectivity index (χ1v) is 17.0. The van der Waals surface area contributed by atoms with Crippen LogP contribution < -0.4 is 10.1 Å². The monoisotopic (exact) mass is 677 g/mol. The maximum absolute atomic E-state index is 14.1. The number of esters is 1. The third-order valence-electron chi connectivity index (χ3n) is 6.07. The fraction of sp³-hybridized carbons (Fsp3) is 0.444. The quantitative estimate of drug-likeness (QED) is 0.412. The van der Waals surface area contributed by atoms with Gasteiger partial charge in [-0.15, -0.1) is 0 Å². The van der Waals surface area contributed by atoms with Crippen LogP contribution >= 0.6 is 23.2 Å². The van der Waals surface area contributed by atoms with Crippen molar-refractivity contribution in [1.82, 2.24) is 14.5 Å². The van der Waals surface area contributed by atoms with Crippen LogP contribution in [0.3, 0.4) is 0 Å². The Morgan fingerprint density at radius 1 is 1.05 bits per heavy atom. The summed E-state index contributed by atoms with van der Waals surface area (Å²) in [6, 6.07) is 6.01. The van der Waals surface area contributed by atoms with Crippen LogP contribution in [0.4, 0.5) is 4.79 Å². The van der Waals surface area contributed by atoms with Gasteiger partial charge in [0.15, 0.2) is 9.84 Å². The number of carbonyl (C=O) groups is 3. The average molecular weight is 679 g/mol. The lowest BCUT2D eigenvalue weighted by molar-refractivity contribution is -0.162. The summed E-state index contributed by atoms with van der Waals surface area (Å²) in [5.74, 6) is -2.94. The zero-order chi connectivity index (χ0) is 32.3. The van der Waals surface area contributed by atoms with E-state index in [4.69, 9.17) is 32.7 Å². The van der Waals surface area contributed by atoms with Crippen molar-refractivity contribution < 1.29 is 40.7 Å². The predicted octanol–water partition coefficient (Wildman–Crippen LogP) is 2.91. The molecule has 1 aliphatic rings. The van der Waals surface area contributed by atoms with Crippen LogP contribution in [0.5, 0.6) is 5.75 Å². The zero-order valence-electron chi connectivity index (χ0n) is 24.2. The van der Waals surface area contributed by atoms with E-state index in [1.807, 2.05) is 0 Å². The van der Waals surface area contributed by atoms with Crippen LogP contribution in [0.25, 0.3) is 0 Å². The molecule has 2 aromatic rings. The van der Waals surface area contributed by atoms with Crippen LogP contribution in [-0.4, -0.2) is 93.8 Å².